The molecule has 4 nitrogen and oxygen atoms in total. The zero-order valence-electron chi connectivity index (χ0n) is 7.72. The predicted molar refractivity (Wildman–Crippen MR) is 56.4 cm³/mol. The van der Waals surface area contributed by atoms with E-state index in [2.05, 4.69) is 22.3 Å². The van der Waals surface area contributed by atoms with Crippen molar-refractivity contribution in [2.75, 3.05) is 12.0 Å². The topological polar surface area (TPSA) is 41.1 Å². The van der Waals surface area contributed by atoms with Crippen molar-refractivity contribution in [3.63, 3.8) is 0 Å². The third-order valence-corrected chi connectivity index (χ3v) is 2.52. The molecule has 1 aliphatic rings. The minimum absolute atomic E-state index is 0.180. The van der Waals surface area contributed by atoms with E-state index in [0.29, 0.717) is 5.15 Å². The average molecular weight is 233 g/mol. The van der Waals surface area contributed by atoms with E-state index in [1.807, 2.05) is 5.01 Å². The van der Waals surface area contributed by atoms with Crippen LogP contribution in [-0.2, 0) is 6.54 Å². The van der Waals surface area contributed by atoms with Gasteiger partial charge < -0.3 is 5.43 Å². The summed E-state index contributed by atoms with van der Waals surface area (Å²) < 4.78 is 0. The Balaban J connectivity index is 2.26. The molecule has 2 heterocycles. The van der Waals surface area contributed by atoms with Crippen LogP contribution in [0.5, 0.6) is 0 Å². The fourth-order valence-electron chi connectivity index (χ4n) is 1.45. The highest BCUT2D eigenvalue weighted by molar-refractivity contribution is 6.32. The van der Waals surface area contributed by atoms with Gasteiger partial charge >= 0.3 is 0 Å². The predicted octanol–water partition coefficient (Wildman–Crippen LogP) is 2.34. The van der Waals surface area contributed by atoms with Crippen molar-refractivity contribution < 1.29 is 0 Å². The quantitative estimate of drug-likeness (QED) is 0.628. The van der Waals surface area contributed by atoms with Crippen LogP contribution < -0.4 is 5.43 Å². The van der Waals surface area contributed by atoms with E-state index in [-0.39, 0.29) is 5.28 Å². The summed E-state index contributed by atoms with van der Waals surface area (Å²) in [5, 5.41) is 2.66. The van der Waals surface area contributed by atoms with Gasteiger partial charge in [-0.15, -0.1) is 0 Å². The van der Waals surface area contributed by atoms with Gasteiger partial charge in [-0.3, -0.25) is 0 Å². The fourth-order valence-corrected chi connectivity index (χ4v) is 1.89. The molecule has 0 saturated carbocycles. The number of hydrogen-bond acceptors (Lipinski definition) is 4. The molecule has 1 aliphatic heterocycles. The maximum absolute atomic E-state index is 5.94. The van der Waals surface area contributed by atoms with Gasteiger partial charge in [0.1, 0.15) is 5.15 Å². The van der Waals surface area contributed by atoms with Crippen LogP contribution in [-0.4, -0.2) is 21.5 Å². The Kier molecular flexibility index (Phi) is 2.76. The van der Waals surface area contributed by atoms with Crippen molar-refractivity contribution in [2.24, 2.45) is 0 Å². The van der Waals surface area contributed by atoms with E-state index in [4.69, 9.17) is 23.2 Å². The Morgan fingerprint density at radius 2 is 2.21 bits per heavy atom. The summed E-state index contributed by atoms with van der Waals surface area (Å²) in [6.45, 7) is 3.80. The molecule has 0 aliphatic carbocycles. The van der Waals surface area contributed by atoms with Crippen LogP contribution in [0.15, 0.2) is 0 Å². The van der Waals surface area contributed by atoms with Crippen molar-refractivity contribution in [2.45, 2.75) is 19.9 Å². The largest absolute Gasteiger partial charge is 0.302 e. The number of anilines is 1. The summed E-state index contributed by atoms with van der Waals surface area (Å²) >= 11 is 11.6. The third kappa shape index (κ3) is 1.78. The normalized spacial score (nSPS) is 15.4. The Morgan fingerprint density at radius 1 is 1.43 bits per heavy atom. The molecule has 0 atom stereocenters. The first kappa shape index (κ1) is 9.96. The monoisotopic (exact) mass is 232 g/mol. The van der Waals surface area contributed by atoms with Crippen molar-refractivity contribution in [1.29, 1.82) is 0 Å². The number of hydrazine groups is 1. The van der Waals surface area contributed by atoms with Gasteiger partial charge in [0.05, 0.1) is 0 Å². The zero-order valence-corrected chi connectivity index (χ0v) is 9.23. The summed E-state index contributed by atoms with van der Waals surface area (Å²) in [6, 6.07) is 0. The first-order valence-corrected chi connectivity index (χ1v) is 5.20. The van der Waals surface area contributed by atoms with Gasteiger partial charge in [-0.1, -0.05) is 18.5 Å². The Hall–Kier alpha value is -0.580. The summed E-state index contributed by atoms with van der Waals surface area (Å²) in [6.07, 6.45) is 1.07. The molecule has 0 radical (unpaired) electrons. The third-order valence-electron chi connectivity index (χ3n) is 2.04. The van der Waals surface area contributed by atoms with E-state index < -0.39 is 0 Å². The number of aromatic nitrogens is 2. The molecule has 0 unspecified atom stereocenters. The second kappa shape index (κ2) is 3.88. The van der Waals surface area contributed by atoms with E-state index in [1.54, 1.807) is 0 Å². The molecule has 0 aromatic carbocycles. The summed E-state index contributed by atoms with van der Waals surface area (Å²) in [7, 11) is 0. The highest BCUT2D eigenvalue weighted by Crippen LogP contribution is 2.29. The van der Waals surface area contributed by atoms with Crippen molar-refractivity contribution in [3.8, 4) is 0 Å². The van der Waals surface area contributed by atoms with E-state index >= 15 is 0 Å². The zero-order chi connectivity index (χ0) is 10.1. The minimum atomic E-state index is 0.180. The standard InChI is InChI=1S/C8H10Cl2N4/c1-2-3-14-4-5-6(9)11-8(10)12-7(5)13-14/h2-4H2,1H3,(H,11,12,13). The number of nitrogens with zero attached hydrogens (tertiary/aromatic N) is 3. The second-order valence-corrected chi connectivity index (χ2v) is 3.84. The number of nitrogens with one attached hydrogen (secondary N) is 1. The van der Waals surface area contributed by atoms with Crippen molar-refractivity contribution >= 4 is 29.0 Å². The van der Waals surface area contributed by atoms with Crippen LogP contribution in [0.3, 0.4) is 0 Å². The molecule has 2 rings (SSSR count). The van der Waals surface area contributed by atoms with Crippen LogP contribution in [0, 0.1) is 0 Å². The lowest BCUT2D eigenvalue weighted by Crippen LogP contribution is -2.24. The SMILES string of the molecule is CCCN1Cc2c(Cl)nc(Cl)nc2N1. The van der Waals surface area contributed by atoms with Gasteiger partial charge in [0.15, 0.2) is 5.82 Å². The molecule has 0 spiro atoms. The molecule has 0 fully saturated rings. The van der Waals surface area contributed by atoms with Crippen LogP contribution >= 0.6 is 23.2 Å². The molecule has 6 heteroatoms. The fraction of sp³-hybridized carbons (Fsp3) is 0.500. The Morgan fingerprint density at radius 3 is 2.93 bits per heavy atom. The van der Waals surface area contributed by atoms with Gasteiger partial charge in [-0.25, -0.2) is 9.99 Å². The average Bonchev–Trinajstić information content (AvgIpc) is 2.48. The molecule has 1 N–H and O–H groups in total. The maximum Gasteiger partial charge on any atom is 0.225 e. The highest BCUT2D eigenvalue weighted by atomic mass is 35.5. The smallest absolute Gasteiger partial charge is 0.225 e. The molecule has 14 heavy (non-hydrogen) atoms. The minimum Gasteiger partial charge on any atom is -0.302 e. The Labute approximate surface area is 92.2 Å². The van der Waals surface area contributed by atoms with Crippen LogP contribution in [0.25, 0.3) is 0 Å². The first-order valence-electron chi connectivity index (χ1n) is 4.44. The van der Waals surface area contributed by atoms with Gasteiger partial charge in [-0.05, 0) is 18.0 Å². The van der Waals surface area contributed by atoms with Crippen molar-refractivity contribution in [3.05, 3.63) is 16.0 Å². The van der Waals surface area contributed by atoms with Crippen LogP contribution in [0.1, 0.15) is 18.9 Å². The summed E-state index contributed by atoms with van der Waals surface area (Å²) in [4.78, 5) is 7.96. The van der Waals surface area contributed by atoms with Crippen LogP contribution in [0.4, 0.5) is 5.82 Å². The molecule has 1 aromatic heterocycles. The lowest BCUT2D eigenvalue weighted by atomic mass is 10.3. The number of rotatable bonds is 2. The molecule has 0 amide bonds. The maximum atomic E-state index is 5.94. The summed E-state index contributed by atoms with van der Waals surface area (Å²) in [5.41, 5.74) is 4.05. The van der Waals surface area contributed by atoms with Gasteiger partial charge in [0, 0.05) is 18.7 Å². The van der Waals surface area contributed by atoms with Crippen LogP contribution in [0.2, 0.25) is 10.4 Å². The van der Waals surface area contributed by atoms with E-state index in [0.717, 1.165) is 30.9 Å². The van der Waals surface area contributed by atoms with Gasteiger partial charge in [-0.2, -0.15) is 4.98 Å². The molecular formula is C8H10Cl2N4. The number of fused-ring (bicyclic) bond motifs is 1. The summed E-state index contributed by atoms with van der Waals surface area (Å²) in [5.74, 6) is 0.725. The van der Waals surface area contributed by atoms with Gasteiger partial charge in [0.2, 0.25) is 5.28 Å². The lowest BCUT2D eigenvalue weighted by molar-refractivity contribution is 0.343. The van der Waals surface area contributed by atoms with Gasteiger partial charge in [0.25, 0.3) is 0 Å². The molecule has 0 bridgehead atoms. The molecular weight excluding hydrogens is 223 g/mol. The van der Waals surface area contributed by atoms with Crippen molar-refractivity contribution in [1.82, 2.24) is 15.0 Å². The Bertz CT molecular complexity index is 355. The highest BCUT2D eigenvalue weighted by Gasteiger charge is 2.22. The number of hydrogen-bond donors (Lipinski definition) is 1. The van der Waals surface area contributed by atoms with E-state index in [1.165, 1.54) is 0 Å². The second-order valence-electron chi connectivity index (χ2n) is 3.14. The molecule has 0 saturated heterocycles. The molecule has 1 aromatic rings. The first-order chi connectivity index (χ1) is 6.70. The lowest BCUT2D eigenvalue weighted by Gasteiger charge is -2.13. The van der Waals surface area contributed by atoms with E-state index in [9.17, 15) is 0 Å². The number of halogens is 2. The molecule has 76 valence electrons.